The Balaban J connectivity index is 1.99. The van der Waals surface area contributed by atoms with Crippen molar-refractivity contribution in [1.29, 1.82) is 15.8 Å². The Hall–Kier alpha value is -3.61. The molecule has 0 spiro atoms. The number of nitriles is 3. The van der Waals surface area contributed by atoms with Crippen LogP contribution in [0.3, 0.4) is 0 Å². The van der Waals surface area contributed by atoms with Crippen LogP contribution in [0.4, 0.5) is 4.79 Å². The standard InChI is InChI=1S/C23H26N6O3/c1-22(2,3)32-21(31)29-14-18(15-6-7-16(11-24)17(9-15)12-25)10-23(29,27)20(30)28-8-4-5-19(28)13-26/h6-7,9,18-19H,4-5,8,10,14,27H2,1-3H3/t18-,19?,23+/m1/s1. The first-order chi connectivity index (χ1) is 15.0. The minimum Gasteiger partial charge on any atom is -0.444 e. The molecule has 0 aliphatic carbocycles. The third-order valence-corrected chi connectivity index (χ3v) is 5.85. The monoisotopic (exact) mass is 434 g/mol. The normalized spacial score (nSPS) is 25.0. The van der Waals surface area contributed by atoms with Crippen molar-refractivity contribution < 1.29 is 14.3 Å². The zero-order chi connectivity index (χ0) is 23.7. The Morgan fingerprint density at radius 1 is 1.19 bits per heavy atom. The minimum atomic E-state index is -1.69. The predicted octanol–water partition coefficient (Wildman–Crippen LogP) is 2.32. The van der Waals surface area contributed by atoms with Gasteiger partial charge in [0.2, 0.25) is 0 Å². The topological polar surface area (TPSA) is 147 Å². The van der Waals surface area contributed by atoms with Gasteiger partial charge in [-0.15, -0.1) is 0 Å². The van der Waals surface area contributed by atoms with Crippen LogP contribution >= 0.6 is 0 Å². The van der Waals surface area contributed by atoms with Crippen LogP contribution in [0, 0.1) is 34.0 Å². The fraction of sp³-hybridized carbons (Fsp3) is 0.522. The number of rotatable bonds is 2. The predicted molar refractivity (Wildman–Crippen MR) is 113 cm³/mol. The zero-order valence-electron chi connectivity index (χ0n) is 18.5. The van der Waals surface area contributed by atoms with Gasteiger partial charge in [-0.25, -0.2) is 4.79 Å². The van der Waals surface area contributed by atoms with Crippen LogP contribution in [0.1, 0.15) is 62.6 Å². The van der Waals surface area contributed by atoms with Crippen LogP contribution < -0.4 is 5.73 Å². The van der Waals surface area contributed by atoms with E-state index in [1.807, 2.05) is 12.1 Å². The van der Waals surface area contributed by atoms with Crippen LogP contribution in [0.5, 0.6) is 0 Å². The Kier molecular flexibility index (Phi) is 6.12. The van der Waals surface area contributed by atoms with Crippen LogP contribution in [-0.4, -0.2) is 52.2 Å². The number of hydrogen-bond acceptors (Lipinski definition) is 7. The summed E-state index contributed by atoms with van der Waals surface area (Å²) in [4.78, 5) is 29.2. The summed E-state index contributed by atoms with van der Waals surface area (Å²) in [7, 11) is 0. The van der Waals surface area contributed by atoms with E-state index in [1.54, 1.807) is 39.0 Å². The van der Waals surface area contributed by atoms with Crippen LogP contribution in [-0.2, 0) is 9.53 Å². The lowest BCUT2D eigenvalue weighted by Crippen LogP contribution is -2.65. The van der Waals surface area contributed by atoms with Gasteiger partial charge in [-0.2, -0.15) is 15.8 Å². The van der Waals surface area contributed by atoms with E-state index < -0.39 is 29.3 Å². The summed E-state index contributed by atoms with van der Waals surface area (Å²) in [5, 5.41) is 28.0. The fourth-order valence-electron chi connectivity index (χ4n) is 4.31. The Labute approximate surface area is 187 Å². The van der Waals surface area contributed by atoms with E-state index in [0.29, 0.717) is 24.9 Å². The van der Waals surface area contributed by atoms with Crippen molar-refractivity contribution in [3.05, 3.63) is 34.9 Å². The van der Waals surface area contributed by atoms with E-state index in [0.717, 1.165) is 0 Å². The molecule has 2 aliphatic rings. The molecule has 0 bridgehead atoms. The van der Waals surface area contributed by atoms with Crippen LogP contribution in [0.2, 0.25) is 0 Å². The Morgan fingerprint density at radius 2 is 1.88 bits per heavy atom. The smallest absolute Gasteiger partial charge is 0.412 e. The molecular weight excluding hydrogens is 408 g/mol. The molecule has 0 aromatic heterocycles. The third-order valence-electron chi connectivity index (χ3n) is 5.85. The molecule has 2 heterocycles. The lowest BCUT2D eigenvalue weighted by Gasteiger charge is -2.37. The molecule has 2 N–H and O–H groups in total. The number of likely N-dealkylation sites (tertiary alicyclic amines) is 2. The van der Waals surface area contributed by atoms with E-state index in [9.17, 15) is 25.4 Å². The molecule has 2 fully saturated rings. The van der Waals surface area contributed by atoms with Crippen LogP contribution in [0.15, 0.2) is 18.2 Å². The molecule has 9 heteroatoms. The first-order valence-corrected chi connectivity index (χ1v) is 10.5. The highest BCUT2D eigenvalue weighted by Crippen LogP contribution is 2.39. The summed E-state index contributed by atoms with van der Waals surface area (Å²) in [6.45, 7) is 5.69. The van der Waals surface area contributed by atoms with E-state index in [4.69, 9.17) is 10.5 Å². The van der Waals surface area contributed by atoms with Crippen molar-refractivity contribution in [1.82, 2.24) is 9.80 Å². The number of hydrogen-bond donors (Lipinski definition) is 1. The van der Waals surface area contributed by atoms with Crippen molar-refractivity contribution in [2.45, 2.75) is 63.3 Å². The number of amides is 2. The lowest BCUT2D eigenvalue weighted by atomic mass is 9.91. The maximum atomic E-state index is 13.5. The highest BCUT2D eigenvalue weighted by atomic mass is 16.6. The SMILES string of the molecule is CC(C)(C)OC(=O)N1C[C@H](c2ccc(C#N)c(C#N)c2)C[C@@]1(N)C(=O)N1CCCC1C#N. The zero-order valence-corrected chi connectivity index (χ0v) is 18.5. The quantitative estimate of drug-likeness (QED) is 0.751. The number of nitrogens with two attached hydrogens (primary N) is 1. The lowest BCUT2D eigenvalue weighted by molar-refractivity contribution is -0.142. The Bertz CT molecular complexity index is 1060. The second-order valence-corrected chi connectivity index (χ2v) is 9.23. The fourth-order valence-corrected chi connectivity index (χ4v) is 4.31. The van der Waals surface area contributed by atoms with E-state index >= 15 is 0 Å². The number of ether oxygens (including phenoxy) is 1. The molecule has 32 heavy (non-hydrogen) atoms. The maximum absolute atomic E-state index is 13.5. The number of benzene rings is 1. The van der Waals surface area contributed by atoms with Gasteiger partial charge in [-0.1, -0.05) is 6.07 Å². The van der Waals surface area contributed by atoms with Gasteiger partial charge in [-0.05, 0) is 51.3 Å². The molecule has 1 aromatic carbocycles. The first kappa shape index (κ1) is 23.1. The minimum absolute atomic E-state index is 0.108. The van der Waals surface area contributed by atoms with Crippen molar-refractivity contribution in [3.63, 3.8) is 0 Å². The first-order valence-electron chi connectivity index (χ1n) is 10.5. The average Bonchev–Trinajstić information content (AvgIpc) is 3.36. The third kappa shape index (κ3) is 4.23. The summed E-state index contributed by atoms with van der Waals surface area (Å²) < 4.78 is 5.52. The highest BCUT2D eigenvalue weighted by Gasteiger charge is 2.55. The summed E-state index contributed by atoms with van der Waals surface area (Å²) in [6, 6.07) is 10.4. The van der Waals surface area contributed by atoms with Gasteiger partial charge < -0.3 is 15.4 Å². The largest absolute Gasteiger partial charge is 0.444 e. The van der Waals surface area contributed by atoms with Gasteiger partial charge in [0.15, 0.2) is 5.66 Å². The van der Waals surface area contributed by atoms with Gasteiger partial charge >= 0.3 is 6.09 Å². The summed E-state index contributed by atoms with van der Waals surface area (Å²) in [6.07, 6.45) is 0.654. The number of nitrogens with zero attached hydrogens (tertiary/aromatic N) is 5. The highest BCUT2D eigenvalue weighted by molar-refractivity contribution is 5.91. The molecule has 2 aliphatic heterocycles. The van der Waals surface area contributed by atoms with E-state index in [2.05, 4.69) is 6.07 Å². The van der Waals surface area contributed by atoms with Crippen molar-refractivity contribution in [2.75, 3.05) is 13.1 Å². The molecule has 0 radical (unpaired) electrons. The van der Waals surface area contributed by atoms with Crippen molar-refractivity contribution in [2.24, 2.45) is 5.73 Å². The summed E-state index contributed by atoms with van der Waals surface area (Å²) in [5.74, 6) is -0.830. The second kappa shape index (κ2) is 8.49. The molecule has 3 atom stereocenters. The van der Waals surface area contributed by atoms with E-state index in [1.165, 1.54) is 9.80 Å². The van der Waals surface area contributed by atoms with Gasteiger partial charge in [0, 0.05) is 25.4 Å². The second-order valence-electron chi connectivity index (χ2n) is 9.23. The number of carbonyl (C=O) groups excluding carboxylic acids is 2. The number of carbonyl (C=O) groups is 2. The van der Waals surface area contributed by atoms with E-state index in [-0.39, 0.29) is 30.0 Å². The molecule has 3 rings (SSSR count). The van der Waals surface area contributed by atoms with Gasteiger partial charge in [0.05, 0.1) is 17.2 Å². The molecule has 9 nitrogen and oxygen atoms in total. The van der Waals surface area contributed by atoms with Crippen molar-refractivity contribution in [3.8, 4) is 18.2 Å². The summed E-state index contributed by atoms with van der Waals surface area (Å²) in [5.41, 5.74) is 5.32. The average molecular weight is 435 g/mol. The Morgan fingerprint density at radius 3 is 2.47 bits per heavy atom. The summed E-state index contributed by atoms with van der Waals surface area (Å²) >= 11 is 0. The molecule has 166 valence electrons. The van der Waals surface area contributed by atoms with Crippen molar-refractivity contribution >= 4 is 12.0 Å². The van der Waals surface area contributed by atoms with Gasteiger partial charge in [-0.3, -0.25) is 9.69 Å². The molecule has 1 aromatic rings. The molecular formula is C23H26N6O3. The molecule has 1 unspecified atom stereocenters. The molecule has 2 saturated heterocycles. The van der Waals surface area contributed by atoms with Crippen LogP contribution in [0.25, 0.3) is 0 Å². The molecule has 0 saturated carbocycles. The van der Waals surface area contributed by atoms with Gasteiger partial charge in [0.1, 0.15) is 23.8 Å². The van der Waals surface area contributed by atoms with Gasteiger partial charge in [0.25, 0.3) is 5.91 Å². The molecule has 2 amide bonds. The maximum Gasteiger partial charge on any atom is 0.412 e.